The zero-order chi connectivity index (χ0) is 22.7. The lowest BCUT2D eigenvalue weighted by Crippen LogP contribution is -2.12. The van der Waals surface area contributed by atoms with Crippen LogP contribution in [0.1, 0.15) is 21.8 Å². The molecule has 0 spiro atoms. The van der Waals surface area contributed by atoms with Gasteiger partial charge in [-0.05, 0) is 49.4 Å². The van der Waals surface area contributed by atoms with Crippen molar-refractivity contribution in [2.45, 2.75) is 17.6 Å². The van der Waals surface area contributed by atoms with Crippen LogP contribution in [-0.2, 0) is 5.75 Å². The maximum absolute atomic E-state index is 12.6. The zero-order valence-electron chi connectivity index (χ0n) is 17.7. The van der Waals surface area contributed by atoms with Gasteiger partial charge in [0.1, 0.15) is 5.76 Å². The number of anilines is 1. The smallest absolute Gasteiger partial charge is 0.287 e. The molecule has 0 aliphatic rings. The molecule has 0 saturated carbocycles. The van der Waals surface area contributed by atoms with Crippen molar-refractivity contribution >= 4 is 29.0 Å². The Bertz CT molecular complexity index is 1330. The van der Waals surface area contributed by atoms with Crippen molar-refractivity contribution in [3.8, 4) is 11.5 Å². The van der Waals surface area contributed by atoms with E-state index in [2.05, 4.69) is 10.3 Å². The van der Waals surface area contributed by atoms with Gasteiger partial charge in [0.25, 0.3) is 11.5 Å². The Hall–Kier alpha value is -3.72. The Morgan fingerprint density at radius 3 is 2.53 bits per heavy atom. The van der Waals surface area contributed by atoms with Crippen molar-refractivity contribution in [2.75, 3.05) is 19.5 Å². The number of carbonyl (C=O) groups is 1. The first kappa shape index (κ1) is 21.5. The van der Waals surface area contributed by atoms with E-state index in [1.807, 2.05) is 24.3 Å². The molecular weight excluding hydrogens is 430 g/mol. The third-order valence-electron chi connectivity index (χ3n) is 4.67. The fraction of sp³-hybridized carbons (Fsp3) is 0.174. The zero-order valence-corrected chi connectivity index (χ0v) is 18.6. The first-order valence-electron chi connectivity index (χ1n) is 9.72. The molecule has 0 saturated heterocycles. The van der Waals surface area contributed by atoms with Gasteiger partial charge in [-0.2, -0.15) is 0 Å². The van der Waals surface area contributed by atoms with Gasteiger partial charge in [-0.25, -0.2) is 4.98 Å². The molecule has 0 radical (unpaired) electrons. The van der Waals surface area contributed by atoms with Gasteiger partial charge in [-0.15, -0.1) is 16.3 Å². The molecule has 32 heavy (non-hydrogen) atoms. The lowest BCUT2D eigenvalue weighted by atomic mass is 10.2. The lowest BCUT2D eigenvalue weighted by molar-refractivity contribution is 0.102. The molecule has 2 aromatic carbocycles. The van der Waals surface area contributed by atoms with E-state index < -0.39 is 0 Å². The van der Waals surface area contributed by atoms with Crippen molar-refractivity contribution in [1.82, 2.24) is 9.56 Å². The molecule has 0 bridgehead atoms. The normalized spacial score (nSPS) is 10.8. The molecule has 1 amide bonds. The lowest BCUT2D eigenvalue weighted by Gasteiger charge is -2.10. The number of hydrogen-bond acceptors (Lipinski definition) is 7. The number of ether oxygens (including phenoxy) is 2. The van der Waals surface area contributed by atoms with Gasteiger partial charge in [-0.1, -0.05) is 0 Å². The predicted molar refractivity (Wildman–Crippen MR) is 122 cm³/mol. The van der Waals surface area contributed by atoms with Crippen molar-refractivity contribution in [3.63, 3.8) is 0 Å². The Morgan fingerprint density at radius 1 is 1.06 bits per heavy atom. The highest BCUT2D eigenvalue weighted by molar-refractivity contribution is 7.98. The van der Waals surface area contributed by atoms with Crippen LogP contribution in [0.4, 0.5) is 5.69 Å². The van der Waals surface area contributed by atoms with Gasteiger partial charge in [0.2, 0.25) is 0 Å². The Labute approximate surface area is 188 Å². The summed E-state index contributed by atoms with van der Waals surface area (Å²) in [7, 11) is 3.07. The van der Waals surface area contributed by atoms with E-state index in [9.17, 15) is 9.59 Å². The summed E-state index contributed by atoms with van der Waals surface area (Å²) < 4.78 is 16.9. The highest BCUT2D eigenvalue weighted by atomic mass is 32.2. The molecule has 0 aliphatic heterocycles. The summed E-state index contributed by atoms with van der Waals surface area (Å²) in [6.45, 7) is 1.77. The number of nitrogens with one attached hydrogen (secondary N) is 1. The molecule has 0 fully saturated rings. The van der Waals surface area contributed by atoms with E-state index in [1.165, 1.54) is 17.7 Å². The number of rotatable bonds is 7. The van der Waals surface area contributed by atoms with E-state index >= 15 is 0 Å². The summed E-state index contributed by atoms with van der Waals surface area (Å²) in [6, 6.07) is 15.7. The van der Waals surface area contributed by atoms with Crippen LogP contribution in [0.3, 0.4) is 0 Å². The topological polar surface area (TPSA) is 95.1 Å². The summed E-state index contributed by atoms with van der Waals surface area (Å²) >= 11 is 1.55. The van der Waals surface area contributed by atoms with Gasteiger partial charge < -0.3 is 19.3 Å². The van der Waals surface area contributed by atoms with Gasteiger partial charge in [-0.3, -0.25) is 9.59 Å². The van der Waals surface area contributed by atoms with Crippen LogP contribution in [0.2, 0.25) is 0 Å². The SMILES string of the molecule is COc1ccc(C(=O)Nc2ccc(SCc3cc(=O)n4oc(C)cc4n3)cc2)cc1OC. The minimum atomic E-state index is -0.250. The fourth-order valence-corrected chi connectivity index (χ4v) is 3.91. The first-order valence-corrected chi connectivity index (χ1v) is 10.7. The number of nitrogens with zero attached hydrogens (tertiary/aromatic N) is 2. The molecular formula is C23H21N3O5S. The second-order valence-electron chi connectivity index (χ2n) is 6.92. The monoisotopic (exact) mass is 451 g/mol. The van der Waals surface area contributed by atoms with Crippen LogP contribution < -0.4 is 20.3 Å². The predicted octanol–water partition coefficient (Wildman–Crippen LogP) is 4.16. The molecule has 164 valence electrons. The molecule has 0 aliphatic carbocycles. The average Bonchev–Trinajstić information content (AvgIpc) is 3.19. The molecule has 2 heterocycles. The summed E-state index contributed by atoms with van der Waals surface area (Å²) in [5.74, 6) is 1.96. The maximum atomic E-state index is 12.6. The quantitative estimate of drug-likeness (QED) is 0.422. The highest BCUT2D eigenvalue weighted by Gasteiger charge is 2.11. The summed E-state index contributed by atoms with van der Waals surface area (Å²) in [6.07, 6.45) is 0. The van der Waals surface area contributed by atoms with Crippen molar-refractivity contribution < 1.29 is 18.8 Å². The Kier molecular flexibility index (Phi) is 6.18. The Morgan fingerprint density at radius 2 is 1.81 bits per heavy atom. The highest BCUT2D eigenvalue weighted by Crippen LogP contribution is 2.28. The maximum Gasteiger partial charge on any atom is 0.287 e. The van der Waals surface area contributed by atoms with E-state index in [0.717, 1.165) is 4.90 Å². The number of carbonyl (C=O) groups excluding carboxylic acids is 1. The summed E-state index contributed by atoms with van der Waals surface area (Å²) in [5, 5.41) is 2.87. The standard InChI is InChI=1S/C23H21N3O5S/c1-14-10-21-24-17(12-22(27)26(21)31-14)13-32-18-7-5-16(6-8-18)25-23(28)15-4-9-19(29-2)20(11-15)30-3/h4-12H,13H2,1-3H3,(H,25,28). The molecule has 9 heteroatoms. The number of benzene rings is 2. The van der Waals surface area contributed by atoms with Crippen LogP contribution in [0.25, 0.3) is 5.65 Å². The van der Waals surface area contributed by atoms with Crippen molar-refractivity contribution in [3.05, 3.63) is 82.0 Å². The van der Waals surface area contributed by atoms with E-state index in [4.69, 9.17) is 14.0 Å². The summed E-state index contributed by atoms with van der Waals surface area (Å²) in [4.78, 5) is 30.1. The van der Waals surface area contributed by atoms with Gasteiger partial charge in [0.05, 0.1) is 19.9 Å². The third kappa shape index (κ3) is 4.62. The van der Waals surface area contributed by atoms with Crippen LogP contribution in [0.5, 0.6) is 11.5 Å². The number of aromatic nitrogens is 2. The molecule has 1 N–H and O–H groups in total. The second-order valence-corrected chi connectivity index (χ2v) is 7.97. The molecule has 2 aromatic heterocycles. The molecule has 4 rings (SSSR count). The van der Waals surface area contributed by atoms with Gasteiger partial charge >= 0.3 is 0 Å². The van der Waals surface area contributed by atoms with E-state index in [0.29, 0.717) is 45.6 Å². The van der Waals surface area contributed by atoms with Crippen LogP contribution in [0.15, 0.2) is 68.8 Å². The molecule has 0 atom stereocenters. The largest absolute Gasteiger partial charge is 0.493 e. The fourth-order valence-electron chi connectivity index (χ4n) is 3.12. The Balaban J connectivity index is 1.40. The first-order chi connectivity index (χ1) is 15.5. The van der Waals surface area contributed by atoms with Crippen LogP contribution in [0, 0.1) is 6.92 Å². The third-order valence-corrected chi connectivity index (χ3v) is 5.71. The van der Waals surface area contributed by atoms with E-state index in [1.54, 1.807) is 50.1 Å². The number of methoxy groups -OCH3 is 2. The molecule has 8 nitrogen and oxygen atoms in total. The minimum absolute atomic E-state index is 0.244. The van der Waals surface area contributed by atoms with Crippen molar-refractivity contribution in [2.24, 2.45) is 0 Å². The van der Waals surface area contributed by atoms with Gasteiger partial charge in [0, 0.05) is 34.0 Å². The van der Waals surface area contributed by atoms with Gasteiger partial charge in [0.15, 0.2) is 17.1 Å². The second kappa shape index (κ2) is 9.19. The average molecular weight is 452 g/mol. The van der Waals surface area contributed by atoms with Crippen molar-refractivity contribution in [1.29, 1.82) is 0 Å². The number of amides is 1. The number of thioether (sulfide) groups is 1. The number of fused-ring (bicyclic) bond motifs is 1. The van der Waals surface area contributed by atoms with Crippen LogP contribution in [-0.4, -0.2) is 29.7 Å². The van der Waals surface area contributed by atoms with Crippen LogP contribution >= 0.6 is 11.8 Å². The molecule has 0 unspecified atom stereocenters. The number of aryl methyl sites for hydroxylation is 1. The number of hydrogen-bond donors (Lipinski definition) is 1. The molecule has 4 aromatic rings. The minimum Gasteiger partial charge on any atom is -0.493 e. The van der Waals surface area contributed by atoms with E-state index in [-0.39, 0.29) is 11.5 Å². The summed E-state index contributed by atoms with van der Waals surface area (Å²) in [5.41, 5.74) is 2.06.